The lowest BCUT2D eigenvalue weighted by atomic mass is 10.3. The summed E-state index contributed by atoms with van der Waals surface area (Å²) < 4.78 is 5.68. The molecule has 1 radical (unpaired) electrons. The van der Waals surface area contributed by atoms with Gasteiger partial charge in [-0.05, 0) is 30.3 Å². The number of anilines is 1. The maximum Gasteiger partial charge on any atom is 0.221 e. The maximum atomic E-state index is 11.0. The molecule has 0 saturated heterocycles. The third-order valence-corrected chi connectivity index (χ3v) is 2.11. The largest absolute Gasteiger partial charge is 0.455 e. The Bertz CT molecular complexity index is 509. The van der Waals surface area contributed by atoms with Crippen molar-refractivity contribution in [2.24, 2.45) is 0 Å². The van der Waals surface area contributed by atoms with Crippen LogP contribution >= 0.6 is 0 Å². The predicted molar refractivity (Wildman–Crippen MR) is 66.1 cm³/mol. The lowest BCUT2D eigenvalue weighted by Crippen LogP contribution is -2.06. The Hall–Kier alpha value is -2.29. The molecule has 0 atom stereocenters. The zero-order chi connectivity index (χ0) is 12.1. The van der Waals surface area contributed by atoms with E-state index in [4.69, 9.17) is 4.74 Å². The quantitative estimate of drug-likeness (QED) is 0.872. The zero-order valence-corrected chi connectivity index (χ0v) is 9.44. The van der Waals surface area contributed by atoms with Gasteiger partial charge in [0, 0.05) is 6.92 Å². The van der Waals surface area contributed by atoms with Crippen molar-refractivity contribution in [1.82, 2.24) is 0 Å². The monoisotopic (exact) mass is 226 g/mol. The molecule has 1 amide bonds. The second kappa shape index (κ2) is 5.16. The van der Waals surface area contributed by atoms with E-state index in [0.717, 1.165) is 0 Å². The van der Waals surface area contributed by atoms with E-state index in [0.29, 0.717) is 17.2 Å². The van der Waals surface area contributed by atoms with Gasteiger partial charge in [-0.1, -0.05) is 24.3 Å². The summed E-state index contributed by atoms with van der Waals surface area (Å²) in [7, 11) is 0. The molecule has 85 valence electrons. The molecule has 2 rings (SSSR count). The van der Waals surface area contributed by atoms with E-state index in [2.05, 4.69) is 11.4 Å². The highest BCUT2D eigenvalue weighted by atomic mass is 16.5. The molecule has 2 aromatic carbocycles. The fraction of sp³-hybridized carbons (Fsp3) is 0.0714. The lowest BCUT2D eigenvalue weighted by Gasteiger charge is -2.10. The van der Waals surface area contributed by atoms with Crippen LogP contribution < -0.4 is 10.1 Å². The van der Waals surface area contributed by atoms with E-state index in [1.807, 2.05) is 30.3 Å². The van der Waals surface area contributed by atoms with Gasteiger partial charge in [0.15, 0.2) is 5.75 Å². The van der Waals surface area contributed by atoms with E-state index in [-0.39, 0.29) is 5.91 Å². The Morgan fingerprint density at radius 1 is 1.18 bits per heavy atom. The second-order valence-corrected chi connectivity index (χ2v) is 3.52. The van der Waals surface area contributed by atoms with Gasteiger partial charge in [-0.15, -0.1) is 0 Å². The van der Waals surface area contributed by atoms with Gasteiger partial charge >= 0.3 is 0 Å². The molecule has 0 aromatic heterocycles. The molecule has 0 aliphatic heterocycles. The number of hydrogen-bond donors (Lipinski definition) is 1. The summed E-state index contributed by atoms with van der Waals surface area (Å²) >= 11 is 0. The molecule has 0 fully saturated rings. The third kappa shape index (κ3) is 3.08. The fourth-order valence-corrected chi connectivity index (χ4v) is 1.42. The van der Waals surface area contributed by atoms with Crippen molar-refractivity contribution in [3.8, 4) is 11.5 Å². The highest BCUT2D eigenvalue weighted by molar-refractivity contribution is 5.90. The van der Waals surface area contributed by atoms with Crippen molar-refractivity contribution in [3.63, 3.8) is 0 Å². The van der Waals surface area contributed by atoms with Crippen LogP contribution in [0.1, 0.15) is 6.92 Å². The van der Waals surface area contributed by atoms with E-state index >= 15 is 0 Å². The molecule has 0 unspecified atom stereocenters. The minimum atomic E-state index is -0.123. The first-order valence-corrected chi connectivity index (χ1v) is 5.26. The van der Waals surface area contributed by atoms with Gasteiger partial charge in [-0.25, -0.2) is 0 Å². The Morgan fingerprint density at radius 3 is 2.59 bits per heavy atom. The smallest absolute Gasteiger partial charge is 0.221 e. The third-order valence-electron chi connectivity index (χ3n) is 2.11. The van der Waals surface area contributed by atoms with Crippen LogP contribution in [0.15, 0.2) is 48.5 Å². The Labute approximate surface area is 100 Å². The molecule has 2 aromatic rings. The van der Waals surface area contributed by atoms with Crippen LogP contribution in [-0.4, -0.2) is 5.91 Å². The number of para-hydroxylation sites is 2. The summed E-state index contributed by atoms with van der Waals surface area (Å²) in [5.41, 5.74) is 0.660. The molecule has 0 aliphatic rings. The van der Waals surface area contributed by atoms with Crippen molar-refractivity contribution >= 4 is 11.6 Å². The molecule has 3 nitrogen and oxygen atoms in total. The van der Waals surface area contributed by atoms with Crippen molar-refractivity contribution in [1.29, 1.82) is 0 Å². The van der Waals surface area contributed by atoms with Crippen LogP contribution in [0.25, 0.3) is 0 Å². The van der Waals surface area contributed by atoms with Crippen molar-refractivity contribution in [2.75, 3.05) is 5.32 Å². The van der Waals surface area contributed by atoms with Crippen LogP contribution in [0.4, 0.5) is 5.69 Å². The van der Waals surface area contributed by atoms with Gasteiger partial charge in [-0.3, -0.25) is 4.79 Å². The molecule has 0 heterocycles. The standard InChI is InChI=1S/C14H12NO2/c1-11(16)15-13-9-5-6-10-14(13)17-12-7-3-2-4-8-12/h3-10H,1H3,(H,15,16). The van der Waals surface area contributed by atoms with Gasteiger partial charge in [0.05, 0.1) is 5.69 Å². The molecular weight excluding hydrogens is 214 g/mol. The molecule has 1 N–H and O–H groups in total. The minimum Gasteiger partial charge on any atom is -0.455 e. The van der Waals surface area contributed by atoms with E-state index < -0.39 is 0 Å². The molecule has 3 heteroatoms. The topological polar surface area (TPSA) is 38.3 Å². The van der Waals surface area contributed by atoms with Crippen LogP contribution in [0, 0.1) is 6.07 Å². The van der Waals surface area contributed by atoms with Crippen LogP contribution in [-0.2, 0) is 4.79 Å². The first-order chi connectivity index (χ1) is 8.25. The summed E-state index contributed by atoms with van der Waals surface area (Å²) in [5, 5.41) is 2.72. The van der Waals surface area contributed by atoms with Crippen molar-refractivity contribution in [2.45, 2.75) is 6.92 Å². The van der Waals surface area contributed by atoms with Gasteiger partial charge in [0.2, 0.25) is 5.91 Å². The van der Waals surface area contributed by atoms with Crippen LogP contribution in [0.5, 0.6) is 11.5 Å². The van der Waals surface area contributed by atoms with Crippen LogP contribution in [0.3, 0.4) is 0 Å². The summed E-state index contributed by atoms with van der Waals surface area (Å²) in [4.78, 5) is 11.0. The molecular formula is C14H12NO2. The number of carbonyl (C=O) groups is 1. The average molecular weight is 226 g/mol. The van der Waals surface area contributed by atoms with Gasteiger partial charge in [-0.2, -0.15) is 0 Å². The highest BCUT2D eigenvalue weighted by Crippen LogP contribution is 2.28. The summed E-state index contributed by atoms with van der Waals surface area (Å²) in [6.07, 6.45) is 0. The average Bonchev–Trinajstić information content (AvgIpc) is 2.32. The Morgan fingerprint density at radius 2 is 1.88 bits per heavy atom. The molecule has 0 aliphatic carbocycles. The molecule has 17 heavy (non-hydrogen) atoms. The number of nitrogens with one attached hydrogen (secondary N) is 1. The van der Waals surface area contributed by atoms with Crippen molar-refractivity contribution in [3.05, 3.63) is 54.6 Å². The molecule has 0 saturated carbocycles. The first kappa shape index (κ1) is 11.2. The summed E-state index contributed by atoms with van der Waals surface area (Å²) in [6.45, 7) is 1.47. The number of hydrogen-bond acceptors (Lipinski definition) is 2. The fourth-order valence-electron chi connectivity index (χ4n) is 1.42. The Balaban J connectivity index is 2.23. The number of ether oxygens (including phenoxy) is 1. The lowest BCUT2D eigenvalue weighted by molar-refractivity contribution is -0.114. The van der Waals surface area contributed by atoms with Crippen molar-refractivity contribution < 1.29 is 9.53 Å². The Kier molecular flexibility index (Phi) is 3.40. The van der Waals surface area contributed by atoms with E-state index in [1.165, 1.54) is 6.92 Å². The number of rotatable bonds is 3. The van der Waals surface area contributed by atoms with Gasteiger partial charge in [0.25, 0.3) is 0 Å². The normalized spacial score (nSPS) is 9.71. The summed E-state index contributed by atoms with van der Waals surface area (Å²) in [6, 6.07) is 17.4. The second-order valence-electron chi connectivity index (χ2n) is 3.52. The van der Waals surface area contributed by atoms with Gasteiger partial charge < -0.3 is 10.1 Å². The summed E-state index contributed by atoms with van der Waals surface area (Å²) in [5.74, 6) is 1.21. The molecule has 0 spiro atoms. The number of amides is 1. The minimum absolute atomic E-state index is 0.123. The first-order valence-electron chi connectivity index (χ1n) is 5.26. The van der Waals surface area contributed by atoms with E-state index in [1.54, 1.807) is 18.2 Å². The maximum absolute atomic E-state index is 11.0. The number of carbonyl (C=O) groups excluding carboxylic acids is 1. The van der Waals surface area contributed by atoms with Gasteiger partial charge in [0.1, 0.15) is 5.75 Å². The van der Waals surface area contributed by atoms with Crippen LogP contribution in [0.2, 0.25) is 0 Å². The zero-order valence-electron chi connectivity index (χ0n) is 9.44. The molecule has 0 bridgehead atoms. The number of benzene rings is 2. The SMILES string of the molecule is CC(=O)Nc1ccccc1Oc1cc[c]cc1. The predicted octanol–water partition coefficient (Wildman–Crippen LogP) is 3.24. The highest BCUT2D eigenvalue weighted by Gasteiger charge is 2.04. The van der Waals surface area contributed by atoms with E-state index in [9.17, 15) is 4.79 Å².